The Balaban J connectivity index is 1.72. The number of halogens is 6. The number of alkyl halides is 6. The highest BCUT2D eigenvalue weighted by atomic mass is 31.2. The minimum absolute atomic E-state index is 0.100. The summed E-state index contributed by atoms with van der Waals surface area (Å²) in [4.78, 5) is 0. The van der Waals surface area contributed by atoms with E-state index in [0.717, 1.165) is 32.6 Å². The van der Waals surface area contributed by atoms with E-state index in [1.54, 1.807) is 28.4 Å². The van der Waals surface area contributed by atoms with E-state index in [1.807, 2.05) is 92.7 Å². The molecule has 13 heteroatoms. The van der Waals surface area contributed by atoms with Gasteiger partial charge in [-0.15, -0.1) is 0 Å². The van der Waals surface area contributed by atoms with Crippen LogP contribution in [0.3, 0.4) is 0 Å². The molecule has 0 spiro atoms. The lowest BCUT2D eigenvalue weighted by Gasteiger charge is -2.30. The van der Waals surface area contributed by atoms with Gasteiger partial charge in [0.15, 0.2) is 23.0 Å². The Bertz CT molecular complexity index is 2150. The van der Waals surface area contributed by atoms with Gasteiger partial charge in [-0.05, 0) is 96.8 Å². The Morgan fingerprint density at radius 2 is 1.11 bits per heavy atom. The fourth-order valence-corrected chi connectivity index (χ4v) is 10.1. The molecule has 0 saturated heterocycles. The van der Waals surface area contributed by atoms with Crippen LogP contribution < -0.4 is 40.2 Å². The first-order chi connectivity index (χ1) is 26.5. The first-order valence-corrected chi connectivity index (χ1v) is 19.2. The first-order valence-electron chi connectivity index (χ1n) is 17.4. The standard InChI is InChI=1S/C43H43F6N2O4P/c1-27-13-14-34(19-28(27)2)56(35-15-17-38(52-4)40(24-35)54-6,36-16-18-39(53-5)41(25-36)55-7)50-26-37(31-11-9-8-10-12-31)51-29(3)20-30-21-32(42(44,45)46)23-33(22-30)43(47,48)49/h8-19,21-25,37,51H,3,20,26H2,1-2,4-7H3/t37-/m1/s1. The number of aryl methyl sites for hydroxylation is 2. The molecule has 5 rings (SSSR count). The zero-order valence-corrected chi connectivity index (χ0v) is 32.7. The monoisotopic (exact) mass is 796 g/mol. The largest absolute Gasteiger partial charge is 0.493 e. The summed E-state index contributed by atoms with van der Waals surface area (Å²) in [7, 11) is 3.16. The molecule has 1 atom stereocenters. The molecule has 6 nitrogen and oxygen atoms in total. The minimum Gasteiger partial charge on any atom is -0.493 e. The lowest BCUT2D eigenvalue weighted by atomic mass is 10.0. The number of nitrogens with one attached hydrogen (secondary N) is 1. The van der Waals surface area contributed by atoms with Crippen molar-refractivity contribution in [1.82, 2.24) is 5.32 Å². The maximum atomic E-state index is 13.7. The number of rotatable bonds is 14. The van der Waals surface area contributed by atoms with Crippen LogP contribution in [-0.4, -0.2) is 35.0 Å². The number of hydrogen-bond acceptors (Lipinski definition) is 6. The van der Waals surface area contributed by atoms with Gasteiger partial charge in [0.2, 0.25) is 0 Å². The lowest BCUT2D eigenvalue weighted by Crippen LogP contribution is -2.29. The third-order valence-corrected chi connectivity index (χ3v) is 13.1. The summed E-state index contributed by atoms with van der Waals surface area (Å²) in [5.41, 5.74) is 0.114. The van der Waals surface area contributed by atoms with Crippen molar-refractivity contribution in [2.24, 2.45) is 4.74 Å². The Labute approximate surface area is 323 Å². The van der Waals surface area contributed by atoms with Gasteiger partial charge in [0.25, 0.3) is 0 Å². The molecule has 56 heavy (non-hydrogen) atoms. The van der Waals surface area contributed by atoms with Crippen molar-refractivity contribution in [1.29, 1.82) is 0 Å². The van der Waals surface area contributed by atoms with E-state index in [0.29, 0.717) is 35.1 Å². The molecule has 5 aromatic carbocycles. The van der Waals surface area contributed by atoms with Gasteiger partial charge >= 0.3 is 12.4 Å². The molecular weight excluding hydrogens is 753 g/mol. The quantitative estimate of drug-likeness (QED) is 0.0896. The van der Waals surface area contributed by atoms with Crippen LogP contribution in [0.15, 0.2) is 120 Å². The lowest BCUT2D eigenvalue weighted by molar-refractivity contribution is -0.143. The summed E-state index contributed by atoms with van der Waals surface area (Å²) in [6.07, 6.45) is -10.3. The minimum atomic E-state index is -4.98. The van der Waals surface area contributed by atoms with Crippen LogP contribution in [0.5, 0.6) is 23.0 Å². The molecule has 1 N–H and O–H groups in total. The van der Waals surface area contributed by atoms with Gasteiger partial charge < -0.3 is 24.3 Å². The molecular formula is C43H43F6N2O4P. The molecule has 0 bridgehead atoms. The van der Waals surface area contributed by atoms with Crippen molar-refractivity contribution in [3.05, 3.63) is 149 Å². The highest BCUT2D eigenvalue weighted by molar-refractivity contribution is 7.87. The highest BCUT2D eigenvalue weighted by Crippen LogP contribution is 2.50. The summed E-state index contributed by atoms with van der Waals surface area (Å²) in [6, 6.07) is 27.7. The molecule has 0 amide bonds. The second kappa shape index (κ2) is 17.2. The summed E-state index contributed by atoms with van der Waals surface area (Å²) in [5, 5.41) is 5.86. The Kier molecular flexibility index (Phi) is 12.8. The third kappa shape index (κ3) is 9.19. The van der Waals surface area contributed by atoms with Crippen molar-refractivity contribution in [3.63, 3.8) is 0 Å². The maximum absolute atomic E-state index is 13.7. The zero-order chi connectivity index (χ0) is 40.8. The van der Waals surface area contributed by atoms with Crippen molar-refractivity contribution in [2.75, 3.05) is 35.0 Å². The summed E-state index contributed by atoms with van der Waals surface area (Å²) in [5.74, 6) is 2.01. The SMILES string of the molecule is C=C(Cc1cc(C(F)(F)F)cc(C(F)(F)F)c1)N[C@H](CN=P(c1ccc(C)c(C)c1)(c1ccc(OC)c(OC)c1)c1ccc(OC)c(OC)c1)c1ccccc1. The summed E-state index contributed by atoms with van der Waals surface area (Å²) >= 11 is 0. The zero-order valence-electron chi connectivity index (χ0n) is 31.8. The predicted octanol–water partition coefficient (Wildman–Crippen LogP) is 9.94. The second-order valence-electron chi connectivity index (χ2n) is 13.1. The van der Waals surface area contributed by atoms with Gasteiger partial charge in [0.1, 0.15) is 0 Å². The fraction of sp³-hybridized carbons (Fsp3) is 0.256. The van der Waals surface area contributed by atoms with Gasteiger partial charge in [-0.1, -0.05) is 49.0 Å². The van der Waals surface area contributed by atoms with E-state index in [1.165, 1.54) is 0 Å². The topological polar surface area (TPSA) is 61.3 Å². The van der Waals surface area contributed by atoms with Crippen LogP contribution in [0.25, 0.3) is 0 Å². The van der Waals surface area contributed by atoms with E-state index in [9.17, 15) is 26.3 Å². The molecule has 0 aliphatic carbocycles. The summed E-state index contributed by atoms with van der Waals surface area (Å²) < 4.78 is 111. The number of allylic oxidation sites excluding steroid dienone is 1. The number of ether oxygens (including phenoxy) is 4. The van der Waals surface area contributed by atoms with Crippen molar-refractivity contribution in [2.45, 2.75) is 38.7 Å². The van der Waals surface area contributed by atoms with Crippen LogP contribution in [0.4, 0.5) is 26.3 Å². The van der Waals surface area contributed by atoms with Gasteiger partial charge in [0, 0.05) is 28.0 Å². The smallest absolute Gasteiger partial charge is 0.416 e. The van der Waals surface area contributed by atoms with Gasteiger partial charge in [-0.25, -0.2) is 0 Å². The molecule has 0 unspecified atom stereocenters. The van der Waals surface area contributed by atoms with Crippen LogP contribution in [0.1, 0.15) is 39.4 Å². The molecule has 0 aliphatic heterocycles. The molecule has 0 aliphatic rings. The van der Waals surface area contributed by atoms with Crippen LogP contribution in [0, 0.1) is 13.8 Å². The average Bonchev–Trinajstić information content (AvgIpc) is 3.18. The average molecular weight is 797 g/mol. The van der Waals surface area contributed by atoms with Crippen LogP contribution in [-0.2, 0) is 18.8 Å². The Hall–Kier alpha value is -5.35. The van der Waals surface area contributed by atoms with E-state index in [4.69, 9.17) is 23.7 Å². The molecule has 0 heterocycles. The van der Waals surface area contributed by atoms with E-state index < -0.39 is 36.6 Å². The maximum Gasteiger partial charge on any atom is 0.416 e. The van der Waals surface area contributed by atoms with E-state index in [-0.39, 0.29) is 30.3 Å². The Morgan fingerprint density at radius 3 is 1.57 bits per heavy atom. The van der Waals surface area contributed by atoms with Gasteiger partial charge in [-0.3, -0.25) is 4.74 Å². The molecule has 0 aromatic heterocycles. The van der Waals surface area contributed by atoms with Crippen LogP contribution in [0.2, 0.25) is 0 Å². The van der Waals surface area contributed by atoms with Crippen molar-refractivity contribution in [3.8, 4) is 23.0 Å². The molecule has 296 valence electrons. The molecule has 5 aromatic rings. The van der Waals surface area contributed by atoms with E-state index in [2.05, 4.69) is 18.0 Å². The second-order valence-corrected chi connectivity index (χ2v) is 16.2. The predicted molar refractivity (Wildman–Crippen MR) is 210 cm³/mol. The third-order valence-electron chi connectivity index (χ3n) is 9.47. The molecule has 0 fully saturated rings. The molecule has 0 saturated carbocycles. The number of benzene rings is 5. The van der Waals surface area contributed by atoms with Crippen LogP contribution >= 0.6 is 7.05 Å². The number of nitrogens with zero attached hydrogens (tertiary/aromatic N) is 1. The number of methoxy groups -OCH3 is 4. The van der Waals surface area contributed by atoms with Crippen molar-refractivity contribution < 1.29 is 45.3 Å². The highest BCUT2D eigenvalue weighted by Gasteiger charge is 2.37. The number of hydrogen-bond donors (Lipinski definition) is 1. The molecule has 0 radical (unpaired) electrons. The van der Waals surface area contributed by atoms with Crippen molar-refractivity contribution >= 4 is 23.0 Å². The normalized spacial score (nSPS) is 12.4. The fourth-order valence-electron chi connectivity index (χ4n) is 6.46. The van der Waals surface area contributed by atoms with Gasteiger partial charge in [-0.2, -0.15) is 26.3 Å². The first kappa shape index (κ1) is 41.8. The van der Waals surface area contributed by atoms with Gasteiger partial charge in [0.05, 0.1) is 59.2 Å². The van der Waals surface area contributed by atoms with E-state index >= 15 is 0 Å². The summed E-state index contributed by atoms with van der Waals surface area (Å²) in [6.45, 7) is 8.20. The Morgan fingerprint density at radius 1 is 0.625 bits per heavy atom.